The number of nitrogens with one attached hydrogen (secondary N) is 1. The molecule has 3 N–H and O–H groups in total. The summed E-state index contributed by atoms with van der Waals surface area (Å²) in [5.41, 5.74) is 6.32. The first-order valence-corrected chi connectivity index (χ1v) is 16.1. The van der Waals surface area contributed by atoms with Crippen molar-refractivity contribution in [2.75, 3.05) is 39.3 Å². The second-order valence-corrected chi connectivity index (χ2v) is 12.7. The van der Waals surface area contributed by atoms with Gasteiger partial charge >= 0.3 is 5.97 Å². The molecule has 1 aliphatic carbocycles. The predicted molar refractivity (Wildman–Crippen MR) is 163 cm³/mol. The number of carbonyl (C=O) groups excluding carboxylic acids is 3. The number of piperazine rings is 1. The number of amides is 2. The van der Waals surface area contributed by atoms with Gasteiger partial charge in [0.2, 0.25) is 11.8 Å². The number of nitrogens with two attached hydrogens (primary N) is 1. The zero-order valence-corrected chi connectivity index (χ0v) is 25.7. The highest BCUT2D eigenvalue weighted by Crippen LogP contribution is 2.29. The van der Waals surface area contributed by atoms with Gasteiger partial charge in [-0.25, -0.2) is 0 Å². The Morgan fingerprint density at radius 2 is 1.85 bits per heavy atom. The van der Waals surface area contributed by atoms with Gasteiger partial charge in [-0.3, -0.25) is 19.3 Å². The van der Waals surface area contributed by atoms with E-state index in [0.717, 1.165) is 49.2 Å². The van der Waals surface area contributed by atoms with Gasteiger partial charge in [0, 0.05) is 72.4 Å². The average Bonchev–Trinajstić information content (AvgIpc) is 3.35. The maximum atomic E-state index is 13.7. The molecule has 4 rings (SSSR count). The Hall–Kier alpha value is -2.17. The average molecular weight is 624 g/mol. The van der Waals surface area contributed by atoms with Crippen LogP contribution < -0.4 is 11.1 Å². The lowest BCUT2D eigenvalue weighted by atomic mass is 9.93. The number of hydrogen-bond acceptors (Lipinski definition) is 7. The fourth-order valence-corrected chi connectivity index (χ4v) is 7.02. The molecule has 2 amide bonds. The minimum absolute atomic E-state index is 0.124. The molecule has 1 aromatic heterocycles. The van der Waals surface area contributed by atoms with Crippen LogP contribution in [0.1, 0.15) is 49.0 Å². The lowest BCUT2D eigenvalue weighted by molar-refractivity contribution is -0.145. The number of rotatable bonds is 11. The van der Waals surface area contributed by atoms with E-state index in [1.807, 2.05) is 22.4 Å². The molecular formula is C30H40Cl2N4O4S. The summed E-state index contributed by atoms with van der Waals surface area (Å²) in [5, 5.41) is 5.82. The Bertz CT molecular complexity index is 1160. The number of esters is 1. The van der Waals surface area contributed by atoms with Crippen LogP contribution in [-0.2, 0) is 32.0 Å². The fraction of sp³-hybridized carbons (Fsp3) is 0.567. The van der Waals surface area contributed by atoms with Gasteiger partial charge in [-0.05, 0) is 42.0 Å². The third kappa shape index (κ3) is 9.41. The monoisotopic (exact) mass is 622 g/mol. The Kier molecular flexibility index (Phi) is 12.3. The van der Waals surface area contributed by atoms with Gasteiger partial charge in [-0.1, -0.05) is 54.6 Å². The minimum atomic E-state index is -0.743. The smallest absolute Gasteiger partial charge is 0.311 e. The van der Waals surface area contributed by atoms with Gasteiger partial charge in [0.25, 0.3) is 0 Å². The van der Waals surface area contributed by atoms with Crippen LogP contribution in [0.25, 0.3) is 0 Å². The molecule has 0 bridgehead atoms. The lowest BCUT2D eigenvalue weighted by Crippen LogP contribution is -2.58. The Balaban J connectivity index is 1.36. The van der Waals surface area contributed by atoms with Crippen molar-refractivity contribution in [2.45, 2.75) is 63.5 Å². The Labute approximate surface area is 256 Å². The van der Waals surface area contributed by atoms with Crippen LogP contribution in [0.15, 0.2) is 35.7 Å². The second kappa shape index (κ2) is 15.9. The van der Waals surface area contributed by atoms with E-state index >= 15 is 0 Å². The number of halogens is 2. The number of benzene rings is 1. The van der Waals surface area contributed by atoms with Crippen molar-refractivity contribution in [1.82, 2.24) is 15.1 Å². The van der Waals surface area contributed by atoms with Gasteiger partial charge < -0.3 is 20.7 Å². The van der Waals surface area contributed by atoms with E-state index in [9.17, 15) is 14.4 Å². The van der Waals surface area contributed by atoms with E-state index in [0.29, 0.717) is 42.2 Å². The molecule has 0 spiro atoms. The molecule has 41 heavy (non-hydrogen) atoms. The van der Waals surface area contributed by atoms with Crippen molar-refractivity contribution in [3.63, 3.8) is 0 Å². The molecule has 8 nitrogen and oxygen atoms in total. The third-order valence-corrected chi connectivity index (χ3v) is 9.48. The zero-order chi connectivity index (χ0) is 29.2. The van der Waals surface area contributed by atoms with E-state index in [-0.39, 0.29) is 43.1 Å². The fourth-order valence-electron chi connectivity index (χ4n) is 5.85. The standard InChI is InChI=1S/C30H40Cl2N4O4S/c31-23-9-8-21(25(32)18-23)17-26(34-28(37)10-11-33)30(39)36-14-12-35(13-15-36)27-7-3-1-2-5-22(27)20-40-29(38)19-24-6-4-16-41-24/h4,6,8-9,16,18,22,26-27H,1-3,5,7,10-15,17,19-20,33H2,(H,34,37). The summed E-state index contributed by atoms with van der Waals surface area (Å²) >= 11 is 14.0. The first-order chi connectivity index (χ1) is 19.8. The normalized spacial score (nSPS) is 20.7. The van der Waals surface area contributed by atoms with Crippen LogP contribution in [-0.4, -0.2) is 79.0 Å². The highest BCUT2D eigenvalue weighted by molar-refractivity contribution is 7.10. The van der Waals surface area contributed by atoms with E-state index in [1.54, 1.807) is 29.5 Å². The molecule has 2 fully saturated rings. The molecule has 2 aromatic rings. The van der Waals surface area contributed by atoms with E-state index in [1.165, 1.54) is 6.42 Å². The molecule has 2 heterocycles. The number of nitrogens with zero attached hydrogens (tertiary/aromatic N) is 2. The molecule has 0 radical (unpaired) electrons. The number of ether oxygens (including phenoxy) is 1. The summed E-state index contributed by atoms with van der Waals surface area (Å²) < 4.78 is 5.76. The van der Waals surface area contributed by atoms with Crippen molar-refractivity contribution in [3.8, 4) is 0 Å². The topological polar surface area (TPSA) is 105 Å². The van der Waals surface area contributed by atoms with Gasteiger partial charge in [-0.15, -0.1) is 11.3 Å². The van der Waals surface area contributed by atoms with Gasteiger partial charge in [0.15, 0.2) is 0 Å². The van der Waals surface area contributed by atoms with Gasteiger partial charge in [0.1, 0.15) is 6.04 Å². The van der Waals surface area contributed by atoms with Crippen LogP contribution >= 0.6 is 34.5 Å². The van der Waals surface area contributed by atoms with E-state index in [2.05, 4.69) is 10.2 Å². The molecule has 224 valence electrons. The van der Waals surface area contributed by atoms with Crippen LogP contribution in [0.2, 0.25) is 10.0 Å². The summed E-state index contributed by atoms with van der Waals surface area (Å²) in [6.07, 6.45) is 6.31. The van der Waals surface area contributed by atoms with Crippen molar-refractivity contribution in [2.24, 2.45) is 11.7 Å². The van der Waals surface area contributed by atoms with Crippen molar-refractivity contribution < 1.29 is 19.1 Å². The molecule has 1 saturated heterocycles. The van der Waals surface area contributed by atoms with Crippen LogP contribution in [0.5, 0.6) is 0 Å². The van der Waals surface area contributed by atoms with E-state index in [4.69, 9.17) is 33.7 Å². The van der Waals surface area contributed by atoms with Crippen LogP contribution in [0.3, 0.4) is 0 Å². The lowest BCUT2D eigenvalue weighted by Gasteiger charge is -2.42. The number of thiophene rings is 1. The summed E-state index contributed by atoms with van der Waals surface area (Å²) in [5.74, 6) is -0.276. The summed E-state index contributed by atoms with van der Waals surface area (Å²) in [6, 6.07) is 8.64. The first kappa shape index (κ1) is 31.8. The van der Waals surface area contributed by atoms with Gasteiger partial charge in [-0.2, -0.15) is 0 Å². The first-order valence-electron chi connectivity index (χ1n) is 14.5. The van der Waals surface area contributed by atoms with Crippen LogP contribution in [0, 0.1) is 5.92 Å². The Morgan fingerprint density at radius 1 is 1.07 bits per heavy atom. The van der Waals surface area contributed by atoms with Crippen molar-refractivity contribution >= 4 is 52.3 Å². The van der Waals surface area contributed by atoms with Crippen LogP contribution in [0.4, 0.5) is 0 Å². The molecule has 1 aromatic carbocycles. The quantitative estimate of drug-likeness (QED) is 0.286. The number of hydrogen-bond donors (Lipinski definition) is 2. The van der Waals surface area contributed by atoms with Crippen molar-refractivity contribution in [1.29, 1.82) is 0 Å². The molecule has 1 saturated carbocycles. The minimum Gasteiger partial charge on any atom is -0.465 e. The Morgan fingerprint density at radius 3 is 2.56 bits per heavy atom. The molecule has 1 aliphatic heterocycles. The number of carbonyl (C=O) groups is 3. The molecule has 3 unspecified atom stereocenters. The molecule has 11 heteroatoms. The van der Waals surface area contributed by atoms with E-state index < -0.39 is 6.04 Å². The second-order valence-electron chi connectivity index (χ2n) is 10.9. The molecular weight excluding hydrogens is 583 g/mol. The maximum Gasteiger partial charge on any atom is 0.311 e. The highest BCUT2D eigenvalue weighted by Gasteiger charge is 2.35. The summed E-state index contributed by atoms with van der Waals surface area (Å²) in [4.78, 5) is 43.9. The SMILES string of the molecule is NCCC(=O)NC(Cc1ccc(Cl)cc1Cl)C(=O)N1CCN(C2CCCCCC2COC(=O)Cc2cccs2)CC1. The summed E-state index contributed by atoms with van der Waals surface area (Å²) in [6.45, 7) is 3.25. The molecule has 2 aliphatic rings. The highest BCUT2D eigenvalue weighted by atomic mass is 35.5. The maximum absolute atomic E-state index is 13.7. The van der Waals surface area contributed by atoms with Gasteiger partial charge in [0.05, 0.1) is 13.0 Å². The summed E-state index contributed by atoms with van der Waals surface area (Å²) in [7, 11) is 0. The largest absolute Gasteiger partial charge is 0.465 e. The zero-order valence-electron chi connectivity index (χ0n) is 23.4. The molecule has 3 atom stereocenters. The van der Waals surface area contributed by atoms with Crippen molar-refractivity contribution in [3.05, 3.63) is 56.2 Å². The predicted octanol–water partition coefficient (Wildman–Crippen LogP) is 4.31. The third-order valence-electron chi connectivity index (χ3n) is 8.01.